The largest absolute Gasteiger partial charge is 0.477 e. The van der Waals surface area contributed by atoms with Gasteiger partial charge in [0.05, 0.1) is 30.2 Å². The minimum absolute atomic E-state index is 0.103. The van der Waals surface area contributed by atoms with Gasteiger partial charge in [-0.2, -0.15) is 0 Å². The first-order valence-corrected chi connectivity index (χ1v) is 11.5. The molecule has 4 rings (SSSR count). The average molecular weight is 491 g/mol. The van der Waals surface area contributed by atoms with Crippen molar-refractivity contribution in [2.75, 3.05) is 31.7 Å². The Morgan fingerprint density at radius 1 is 1.20 bits per heavy atom. The predicted octanol–water partition coefficient (Wildman–Crippen LogP) is 3.61. The van der Waals surface area contributed by atoms with Gasteiger partial charge >= 0.3 is 11.9 Å². The fourth-order valence-corrected chi connectivity index (χ4v) is 4.95. The lowest BCUT2D eigenvalue weighted by Gasteiger charge is -2.34. The second-order valence-corrected chi connectivity index (χ2v) is 9.26. The molecule has 8 nitrogen and oxygen atoms in total. The molecule has 3 heterocycles. The first-order chi connectivity index (χ1) is 16.6. The van der Waals surface area contributed by atoms with Crippen molar-refractivity contribution in [2.24, 2.45) is 5.92 Å². The molecule has 1 aromatic heterocycles. The van der Waals surface area contributed by atoms with Crippen molar-refractivity contribution in [1.82, 2.24) is 4.57 Å². The van der Waals surface area contributed by atoms with Gasteiger partial charge in [-0.05, 0) is 36.5 Å². The summed E-state index contributed by atoms with van der Waals surface area (Å²) in [5, 5.41) is 9.45. The van der Waals surface area contributed by atoms with Crippen LogP contribution in [0.3, 0.4) is 0 Å². The number of carbonyl (C=O) groups excluding carboxylic acids is 1. The molecular weight excluding hydrogens is 462 g/mol. The lowest BCUT2D eigenvalue weighted by molar-refractivity contribution is -0.0156. The Kier molecular flexibility index (Phi) is 6.93. The Labute approximate surface area is 201 Å². The number of ether oxygens (including phenoxy) is 2. The standard InChI is InChI=1S/C25H28F2N2O6/c1-13(2)19-6-14-7-20(28-5-4-15(10-28)35-12-23(26)27)17(25(33)34-3)8-16(14)21-9-22(30)18(24(31)32)11-29(19)21/h7-9,11,13,15,19,23H,4-6,10,12H2,1-3H3,(H,31,32)/t15-,19?/m0/s1. The number of pyridine rings is 1. The van der Waals surface area contributed by atoms with Crippen molar-refractivity contribution >= 4 is 17.6 Å². The number of carboxylic acids is 1. The zero-order valence-corrected chi connectivity index (χ0v) is 19.8. The van der Waals surface area contributed by atoms with Crippen molar-refractivity contribution in [2.45, 2.75) is 45.3 Å². The SMILES string of the molecule is COC(=O)c1cc2c(cc1N1CC[C@H](OCC(F)F)C1)CC(C(C)C)n1cc(C(=O)O)c(=O)cc1-2. The van der Waals surface area contributed by atoms with E-state index in [1.165, 1.54) is 19.4 Å². The monoisotopic (exact) mass is 490 g/mol. The van der Waals surface area contributed by atoms with E-state index in [0.29, 0.717) is 42.9 Å². The number of halogens is 2. The molecule has 0 saturated carbocycles. The molecule has 0 radical (unpaired) electrons. The number of anilines is 1. The molecule has 2 atom stereocenters. The van der Waals surface area contributed by atoms with Crippen LogP contribution in [-0.2, 0) is 15.9 Å². The summed E-state index contributed by atoms with van der Waals surface area (Å²) in [4.78, 5) is 38.8. The smallest absolute Gasteiger partial charge is 0.341 e. The third-order valence-electron chi connectivity index (χ3n) is 6.71. The number of aromatic nitrogens is 1. The molecule has 1 unspecified atom stereocenters. The molecule has 188 valence electrons. The summed E-state index contributed by atoms with van der Waals surface area (Å²) >= 11 is 0. The molecule has 2 aromatic rings. The van der Waals surface area contributed by atoms with Crippen LogP contribution in [0.25, 0.3) is 11.3 Å². The van der Waals surface area contributed by atoms with Gasteiger partial charge in [-0.25, -0.2) is 18.4 Å². The number of aromatic carboxylic acids is 1. The van der Waals surface area contributed by atoms with Gasteiger partial charge in [0.25, 0.3) is 6.43 Å². The van der Waals surface area contributed by atoms with Crippen molar-refractivity contribution in [3.8, 4) is 11.3 Å². The van der Waals surface area contributed by atoms with E-state index in [0.717, 1.165) is 5.56 Å². The van der Waals surface area contributed by atoms with E-state index < -0.39 is 30.4 Å². The van der Waals surface area contributed by atoms with Crippen LogP contribution in [0.2, 0.25) is 0 Å². The summed E-state index contributed by atoms with van der Waals surface area (Å²) in [6.07, 6.45) is -0.422. The van der Waals surface area contributed by atoms with Crippen LogP contribution < -0.4 is 10.3 Å². The first kappa shape index (κ1) is 24.8. The van der Waals surface area contributed by atoms with Crippen molar-refractivity contribution in [3.05, 3.63) is 51.3 Å². The second-order valence-electron chi connectivity index (χ2n) is 9.26. The number of alkyl halides is 2. The van der Waals surface area contributed by atoms with E-state index in [9.17, 15) is 28.3 Å². The highest BCUT2D eigenvalue weighted by atomic mass is 19.3. The maximum absolute atomic E-state index is 12.7. The number of methoxy groups -OCH3 is 1. The fourth-order valence-electron chi connectivity index (χ4n) is 4.95. The highest BCUT2D eigenvalue weighted by Crippen LogP contribution is 2.41. The Hall–Kier alpha value is -3.27. The number of fused-ring (bicyclic) bond motifs is 3. The molecular formula is C25H28F2N2O6. The van der Waals surface area contributed by atoms with Crippen molar-refractivity contribution in [1.29, 1.82) is 0 Å². The molecule has 1 N–H and O–H groups in total. The number of rotatable bonds is 7. The molecule has 0 amide bonds. The number of carboxylic acid groups (broad SMARTS) is 1. The van der Waals surface area contributed by atoms with E-state index in [2.05, 4.69) is 0 Å². The maximum atomic E-state index is 12.7. The highest BCUT2D eigenvalue weighted by molar-refractivity contribution is 5.98. The van der Waals surface area contributed by atoms with Gasteiger partial charge in [-0.3, -0.25) is 4.79 Å². The quantitative estimate of drug-likeness (QED) is 0.592. The lowest BCUT2D eigenvalue weighted by atomic mass is 9.86. The molecule has 35 heavy (non-hydrogen) atoms. The normalized spacial score (nSPS) is 19.1. The Morgan fingerprint density at radius 2 is 1.94 bits per heavy atom. The van der Waals surface area contributed by atoms with E-state index in [-0.39, 0.29) is 29.2 Å². The van der Waals surface area contributed by atoms with Crippen LogP contribution in [0.15, 0.2) is 29.2 Å². The van der Waals surface area contributed by atoms with Crippen LogP contribution in [0.5, 0.6) is 0 Å². The summed E-state index contributed by atoms with van der Waals surface area (Å²) in [6, 6.07) is 4.77. The number of esters is 1. The van der Waals surface area contributed by atoms with Crippen LogP contribution in [0.4, 0.5) is 14.5 Å². The van der Waals surface area contributed by atoms with E-state index >= 15 is 0 Å². The fraction of sp³-hybridized carbons (Fsp3) is 0.480. The summed E-state index contributed by atoms with van der Waals surface area (Å²) in [7, 11) is 1.27. The number of nitrogens with zero attached hydrogens (tertiary/aromatic N) is 2. The highest BCUT2D eigenvalue weighted by Gasteiger charge is 2.33. The summed E-state index contributed by atoms with van der Waals surface area (Å²) < 4.78 is 37.3. The van der Waals surface area contributed by atoms with E-state index in [1.54, 1.807) is 6.07 Å². The van der Waals surface area contributed by atoms with Gasteiger partial charge in [0, 0.05) is 37.0 Å². The minimum Gasteiger partial charge on any atom is -0.477 e. The van der Waals surface area contributed by atoms with Crippen LogP contribution >= 0.6 is 0 Å². The summed E-state index contributed by atoms with van der Waals surface area (Å²) in [6.45, 7) is 4.30. The molecule has 10 heteroatoms. The minimum atomic E-state index is -2.54. The Balaban J connectivity index is 1.81. The number of benzene rings is 1. The number of hydrogen-bond acceptors (Lipinski definition) is 6. The van der Waals surface area contributed by atoms with Crippen molar-refractivity contribution in [3.63, 3.8) is 0 Å². The van der Waals surface area contributed by atoms with Gasteiger partial charge in [-0.15, -0.1) is 0 Å². The number of carbonyl (C=O) groups is 2. The summed E-state index contributed by atoms with van der Waals surface area (Å²) in [5.74, 6) is -1.72. The third-order valence-corrected chi connectivity index (χ3v) is 6.71. The van der Waals surface area contributed by atoms with Gasteiger partial charge in [0.2, 0.25) is 0 Å². The molecule has 1 fully saturated rings. The molecule has 1 aromatic carbocycles. The van der Waals surface area contributed by atoms with Crippen LogP contribution in [0, 0.1) is 5.92 Å². The lowest BCUT2D eigenvalue weighted by Crippen LogP contribution is -2.29. The van der Waals surface area contributed by atoms with E-state index in [1.807, 2.05) is 29.4 Å². The van der Waals surface area contributed by atoms with Crippen LogP contribution in [0.1, 0.15) is 52.6 Å². The molecule has 0 spiro atoms. The van der Waals surface area contributed by atoms with Gasteiger partial charge in [0.15, 0.2) is 5.43 Å². The Bertz CT molecular complexity index is 1210. The third kappa shape index (κ3) is 4.80. The molecule has 1 saturated heterocycles. The van der Waals surface area contributed by atoms with E-state index in [4.69, 9.17) is 9.47 Å². The van der Waals surface area contributed by atoms with Crippen molar-refractivity contribution < 1.29 is 33.0 Å². The molecule has 2 aliphatic heterocycles. The first-order valence-electron chi connectivity index (χ1n) is 11.5. The van der Waals surface area contributed by atoms with Gasteiger partial charge in [-0.1, -0.05) is 13.8 Å². The van der Waals surface area contributed by atoms with Gasteiger partial charge < -0.3 is 24.0 Å². The van der Waals surface area contributed by atoms with Gasteiger partial charge in [0.1, 0.15) is 12.2 Å². The predicted molar refractivity (Wildman–Crippen MR) is 125 cm³/mol. The number of hydrogen-bond donors (Lipinski definition) is 1. The maximum Gasteiger partial charge on any atom is 0.341 e. The topological polar surface area (TPSA) is 98.1 Å². The molecule has 0 aliphatic carbocycles. The molecule has 0 bridgehead atoms. The Morgan fingerprint density at radius 3 is 2.57 bits per heavy atom. The second kappa shape index (κ2) is 9.77. The zero-order valence-electron chi connectivity index (χ0n) is 19.8. The molecule has 2 aliphatic rings. The zero-order chi connectivity index (χ0) is 25.4. The van der Waals surface area contributed by atoms with Crippen LogP contribution in [-0.4, -0.2) is 60.9 Å². The summed E-state index contributed by atoms with van der Waals surface area (Å²) in [5.41, 5.74) is 2.09. The average Bonchev–Trinajstić information content (AvgIpc) is 3.29.